The number of rotatable bonds is 9. The maximum atomic E-state index is 7.46. The molecule has 3 atom stereocenters. The summed E-state index contributed by atoms with van der Waals surface area (Å²) in [6.45, 7) is 34.5. The average molecular weight is 523 g/mol. The van der Waals surface area contributed by atoms with E-state index in [0.717, 1.165) is 0 Å². The zero-order chi connectivity index (χ0) is 26.1. The molecule has 198 valence electrons. The van der Waals surface area contributed by atoms with E-state index in [1.807, 2.05) is 20.8 Å². The molecule has 1 heterocycles. The molecule has 1 rings (SSSR count). The van der Waals surface area contributed by atoms with Crippen molar-refractivity contribution < 1.29 is 26.6 Å². The lowest BCUT2D eigenvalue weighted by Crippen LogP contribution is -2.84. The minimum absolute atomic E-state index is 0.169. The fourth-order valence-corrected chi connectivity index (χ4v) is 28.2. The highest BCUT2D eigenvalue weighted by molar-refractivity contribution is 6.98. The summed E-state index contributed by atoms with van der Waals surface area (Å²) in [7, 11) is -9.20. The number of ether oxygens (including phenoxy) is 3. The lowest BCUT2D eigenvalue weighted by molar-refractivity contribution is 0.0158. The van der Waals surface area contributed by atoms with Crippen molar-refractivity contribution in [3.8, 4) is 0 Å². The Morgan fingerprint density at radius 2 is 0.667 bits per heavy atom. The largest absolute Gasteiger partial charge is 0.412 e. The van der Waals surface area contributed by atoms with Crippen molar-refractivity contribution in [2.45, 2.75) is 136 Å². The normalized spacial score (nSPS) is 32.5. The van der Waals surface area contributed by atoms with Gasteiger partial charge in [-0.1, -0.05) is 62.3 Å². The minimum Gasteiger partial charge on any atom is -0.412 e. The Bertz CT molecular complexity index is 532. The second-order valence-corrected chi connectivity index (χ2v) is 25.7. The molecule has 1 saturated heterocycles. The van der Waals surface area contributed by atoms with Gasteiger partial charge in [0, 0.05) is 34.9 Å². The Hall–Kier alpha value is 0.411. The van der Waals surface area contributed by atoms with Crippen molar-refractivity contribution in [2.75, 3.05) is 19.8 Å². The van der Waals surface area contributed by atoms with E-state index in [4.69, 9.17) is 26.6 Å². The lowest BCUT2D eigenvalue weighted by Gasteiger charge is -2.65. The molecule has 1 aliphatic rings. The van der Waals surface area contributed by atoms with Crippen LogP contribution in [0, 0.1) is 0 Å². The van der Waals surface area contributed by atoms with Crippen molar-refractivity contribution in [3.05, 3.63) is 0 Å². The lowest BCUT2D eigenvalue weighted by atomic mass is 10.2. The van der Waals surface area contributed by atoms with Gasteiger partial charge in [-0.25, -0.2) is 0 Å². The van der Waals surface area contributed by atoms with E-state index in [1.165, 1.54) is 0 Å². The van der Waals surface area contributed by atoms with Gasteiger partial charge in [0.15, 0.2) is 0 Å². The summed E-state index contributed by atoms with van der Waals surface area (Å²) in [6, 6.07) is 0. The van der Waals surface area contributed by atoms with Gasteiger partial charge in [0.1, 0.15) is 0 Å². The first kappa shape index (κ1) is 31.4. The van der Waals surface area contributed by atoms with E-state index in [1.54, 1.807) is 0 Å². The molecule has 0 aromatic rings. The summed E-state index contributed by atoms with van der Waals surface area (Å²) in [5, 5.41) is -0.761. The first-order valence-electron chi connectivity index (χ1n) is 12.8. The molecule has 0 aromatic carbocycles. The maximum Gasteiger partial charge on any atom is 0.355 e. The highest BCUT2D eigenvalue weighted by Crippen LogP contribution is 2.58. The molecule has 33 heavy (non-hydrogen) atoms. The molecule has 0 spiro atoms. The standard InChI is InChI=1S/C24H54O6Si3/c1-16-25-19(4)31(22(7,8)9)28-32(23(10,11)12,20(5)26-17-2)30-33(29-31,24(13,14)15)21(6)27-18-3/h19-21H,16-18H2,1-15H3. The van der Waals surface area contributed by atoms with Gasteiger partial charge < -0.3 is 26.6 Å². The van der Waals surface area contributed by atoms with Crippen molar-refractivity contribution in [1.29, 1.82) is 0 Å². The van der Waals surface area contributed by atoms with Crippen LogP contribution in [0.5, 0.6) is 0 Å². The third kappa shape index (κ3) is 5.72. The molecule has 0 N–H and O–H groups in total. The van der Waals surface area contributed by atoms with E-state index >= 15 is 0 Å². The zero-order valence-corrected chi connectivity index (χ0v) is 27.3. The Morgan fingerprint density at radius 3 is 0.788 bits per heavy atom. The van der Waals surface area contributed by atoms with Crippen LogP contribution in [0.15, 0.2) is 0 Å². The fourth-order valence-electron chi connectivity index (χ4n) is 5.06. The molecular weight excluding hydrogens is 469 g/mol. The van der Waals surface area contributed by atoms with Crippen LogP contribution in [0.4, 0.5) is 0 Å². The third-order valence-electron chi connectivity index (χ3n) is 6.90. The van der Waals surface area contributed by atoms with Gasteiger partial charge in [-0.3, -0.25) is 0 Å². The van der Waals surface area contributed by atoms with E-state index in [-0.39, 0.29) is 32.3 Å². The van der Waals surface area contributed by atoms with Crippen LogP contribution in [-0.4, -0.2) is 62.7 Å². The van der Waals surface area contributed by atoms with E-state index in [2.05, 4.69) is 83.1 Å². The second kappa shape index (κ2) is 10.8. The first-order valence-corrected chi connectivity index (χ1v) is 18.4. The molecule has 0 bridgehead atoms. The molecule has 1 fully saturated rings. The van der Waals surface area contributed by atoms with Crippen molar-refractivity contribution in [1.82, 2.24) is 0 Å². The molecule has 0 saturated carbocycles. The molecule has 1 aliphatic heterocycles. The van der Waals surface area contributed by atoms with Crippen LogP contribution in [0.3, 0.4) is 0 Å². The van der Waals surface area contributed by atoms with Gasteiger partial charge >= 0.3 is 25.7 Å². The summed E-state index contributed by atoms with van der Waals surface area (Å²) in [6.07, 6.45) is 0. The molecule has 0 aromatic heterocycles. The Kier molecular flexibility index (Phi) is 10.3. The van der Waals surface area contributed by atoms with Gasteiger partial charge in [-0.15, -0.1) is 0 Å². The van der Waals surface area contributed by atoms with Crippen LogP contribution in [0.25, 0.3) is 0 Å². The van der Waals surface area contributed by atoms with Gasteiger partial charge in [-0.05, 0) is 41.5 Å². The average Bonchev–Trinajstić information content (AvgIpc) is 2.65. The summed E-state index contributed by atoms with van der Waals surface area (Å²) >= 11 is 0. The minimum atomic E-state index is -3.07. The second-order valence-electron chi connectivity index (χ2n) is 12.4. The first-order chi connectivity index (χ1) is 14.8. The van der Waals surface area contributed by atoms with Gasteiger partial charge in [-0.2, -0.15) is 0 Å². The van der Waals surface area contributed by atoms with Crippen molar-refractivity contribution in [2.24, 2.45) is 0 Å². The van der Waals surface area contributed by atoms with Gasteiger partial charge in [0.25, 0.3) is 0 Å². The smallest absolute Gasteiger partial charge is 0.355 e. The van der Waals surface area contributed by atoms with Crippen LogP contribution < -0.4 is 0 Å². The fraction of sp³-hybridized carbons (Fsp3) is 1.00. The predicted molar refractivity (Wildman–Crippen MR) is 143 cm³/mol. The Morgan fingerprint density at radius 1 is 0.485 bits per heavy atom. The van der Waals surface area contributed by atoms with E-state index in [0.29, 0.717) is 19.8 Å². The summed E-state index contributed by atoms with van der Waals surface area (Å²) in [4.78, 5) is 0. The quantitative estimate of drug-likeness (QED) is 0.315. The molecule has 3 unspecified atom stereocenters. The summed E-state index contributed by atoms with van der Waals surface area (Å²) in [5.41, 5.74) is -0.507. The highest BCUT2D eigenvalue weighted by Gasteiger charge is 2.76. The third-order valence-corrected chi connectivity index (χ3v) is 24.2. The molecule has 6 nitrogen and oxygen atoms in total. The van der Waals surface area contributed by atoms with Crippen LogP contribution in [0.2, 0.25) is 15.1 Å². The van der Waals surface area contributed by atoms with Crippen molar-refractivity contribution >= 4 is 25.7 Å². The Labute approximate surface area is 208 Å². The predicted octanol–water partition coefficient (Wildman–Crippen LogP) is 6.67. The number of hydrogen-bond donors (Lipinski definition) is 0. The zero-order valence-electron chi connectivity index (χ0n) is 24.3. The van der Waals surface area contributed by atoms with Crippen LogP contribution >= 0.6 is 0 Å². The number of hydrogen-bond acceptors (Lipinski definition) is 6. The van der Waals surface area contributed by atoms with E-state index < -0.39 is 25.7 Å². The molecular formula is C24H54O6Si3. The highest BCUT2D eigenvalue weighted by atomic mass is 28.5. The molecule has 9 heteroatoms. The maximum absolute atomic E-state index is 7.46. The molecule has 0 radical (unpaired) electrons. The SMILES string of the molecule is CCOC(C)[Si]1(C(C)(C)C)O[Si](C(C)OCC)(C(C)(C)C)O[Si](C(C)OCC)(C(C)(C)C)O1. The van der Waals surface area contributed by atoms with Crippen LogP contribution in [-0.2, 0) is 26.6 Å². The Balaban J connectivity index is 4.12. The van der Waals surface area contributed by atoms with Gasteiger partial charge in [0.05, 0.1) is 17.2 Å². The van der Waals surface area contributed by atoms with E-state index in [9.17, 15) is 0 Å². The summed E-state index contributed by atoms with van der Waals surface area (Å²) in [5.74, 6) is 0. The van der Waals surface area contributed by atoms with Crippen molar-refractivity contribution in [3.63, 3.8) is 0 Å². The monoisotopic (exact) mass is 522 g/mol. The topological polar surface area (TPSA) is 55.4 Å². The van der Waals surface area contributed by atoms with Crippen LogP contribution in [0.1, 0.15) is 104 Å². The molecule has 0 aliphatic carbocycles. The van der Waals surface area contributed by atoms with Gasteiger partial charge in [0.2, 0.25) is 0 Å². The summed E-state index contributed by atoms with van der Waals surface area (Å²) < 4.78 is 41.3. The molecule has 0 amide bonds.